The van der Waals surface area contributed by atoms with Crippen molar-refractivity contribution in [2.45, 2.75) is 24.7 Å². The summed E-state index contributed by atoms with van der Waals surface area (Å²) in [6.45, 7) is 3.64. The highest BCUT2D eigenvalue weighted by Gasteiger charge is 2.45. The minimum absolute atomic E-state index is 0.208. The molecule has 4 aromatic rings. The van der Waals surface area contributed by atoms with Gasteiger partial charge in [0, 0.05) is 30.4 Å². The molecule has 0 saturated heterocycles. The summed E-state index contributed by atoms with van der Waals surface area (Å²) in [4.78, 5) is 17.3. The monoisotopic (exact) mass is 411 g/mol. The smallest absolute Gasteiger partial charge is 0.261 e. The van der Waals surface area contributed by atoms with Crippen LogP contribution in [0, 0.1) is 11.3 Å². The van der Waals surface area contributed by atoms with Crippen molar-refractivity contribution in [2.75, 3.05) is 5.73 Å². The molecule has 2 N–H and O–H groups in total. The average Bonchev–Trinajstić information content (AvgIpc) is 3.44. The maximum atomic E-state index is 8.97. The third-order valence-electron chi connectivity index (χ3n) is 5.58. The number of pyridine rings is 1. The minimum atomic E-state index is -0.336. The average molecular weight is 411 g/mol. The number of nitrogen functional groups attached to an aromatic ring is 1. The summed E-state index contributed by atoms with van der Waals surface area (Å²) in [5.41, 5.74) is 8.63. The summed E-state index contributed by atoms with van der Waals surface area (Å²) in [6, 6.07) is 5.92. The number of nitrogens with zero attached hydrogens (tertiary/aromatic N) is 8. The first-order valence-electron chi connectivity index (χ1n) is 9.62. The molecule has 4 heterocycles. The van der Waals surface area contributed by atoms with Crippen molar-refractivity contribution in [1.29, 1.82) is 5.26 Å². The van der Waals surface area contributed by atoms with E-state index in [2.05, 4.69) is 36.8 Å². The fraction of sp³-hybridized carbons (Fsp3) is 0.190. The van der Waals surface area contributed by atoms with Crippen molar-refractivity contribution < 1.29 is 4.52 Å². The highest BCUT2D eigenvalue weighted by atomic mass is 16.5. The van der Waals surface area contributed by atoms with Gasteiger partial charge in [-0.25, -0.2) is 14.6 Å². The Balaban J connectivity index is 1.44. The number of rotatable bonds is 5. The van der Waals surface area contributed by atoms with E-state index in [-0.39, 0.29) is 17.1 Å². The SMILES string of the molecule is C=C(C#N)n1cc(-c2nc(C3(c4ccc(-c5cnc(N)nc5)nc4)CCC3)no2)cn1. The van der Waals surface area contributed by atoms with Crippen LogP contribution in [0.15, 0.2) is 54.2 Å². The van der Waals surface area contributed by atoms with Crippen molar-refractivity contribution in [2.24, 2.45) is 0 Å². The number of nitriles is 1. The molecule has 0 bridgehead atoms. The molecular weight excluding hydrogens is 394 g/mol. The topological polar surface area (TPSA) is 145 Å². The maximum Gasteiger partial charge on any atom is 0.261 e. The number of allylic oxidation sites excluding steroid dienone is 1. The second-order valence-electron chi connectivity index (χ2n) is 7.35. The lowest BCUT2D eigenvalue weighted by Gasteiger charge is -2.39. The first kappa shape index (κ1) is 18.6. The van der Waals surface area contributed by atoms with E-state index in [4.69, 9.17) is 15.5 Å². The summed E-state index contributed by atoms with van der Waals surface area (Å²) in [7, 11) is 0. The van der Waals surface area contributed by atoms with Gasteiger partial charge in [0.25, 0.3) is 5.89 Å². The molecule has 1 aliphatic carbocycles. The van der Waals surface area contributed by atoms with Crippen LogP contribution in [0.2, 0.25) is 0 Å². The third kappa shape index (κ3) is 3.12. The number of nitrogens with two attached hydrogens (primary N) is 1. The van der Waals surface area contributed by atoms with Crippen LogP contribution in [0.4, 0.5) is 5.95 Å². The highest BCUT2D eigenvalue weighted by molar-refractivity contribution is 5.60. The van der Waals surface area contributed by atoms with Crippen molar-refractivity contribution in [3.63, 3.8) is 0 Å². The lowest BCUT2D eigenvalue weighted by molar-refractivity contribution is 0.272. The van der Waals surface area contributed by atoms with Crippen molar-refractivity contribution in [3.8, 4) is 28.8 Å². The van der Waals surface area contributed by atoms with Gasteiger partial charge in [0.2, 0.25) is 5.95 Å². The standard InChI is InChI=1S/C21H17N9O/c1-13(7-22)30-12-15(10-27-30)18-28-19(29-31-18)21(5-2-6-21)16-3-4-17(24-11-16)14-8-25-20(23)26-9-14/h3-4,8-12H,1-2,5-6H2,(H2,23,25,26). The lowest BCUT2D eigenvalue weighted by atomic mass is 9.64. The summed E-state index contributed by atoms with van der Waals surface area (Å²) < 4.78 is 6.89. The van der Waals surface area contributed by atoms with Gasteiger partial charge < -0.3 is 10.3 Å². The summed E-state index contributed by atoms with van der Waals surface area (Å²) in [5, 5.41) is 17.3. The Morgan fingerprint density at radius 3 is 2.58 bits per heavy atom. The van der Waals surface area contributed by atoms with E-state index in [0.717, 1.165) is 36.1 Å². The van der Waals surface area contributed by atoms with Gasteiger partial charge in [0.05, 0.1) is 22.9 Å². The molecule has 0 spiro atoms. The van der Waals surface area contributed by atoms with Gasteiger partial charge in [-0.3, -0.25) is 4.98 Å². The zero-order valence-corrected chi connectivity index (χ0v) is 16.4. The third-order valence-corrected chi connectivity index (χ3v) is 5.58. The van der Waals surface area contributed by atoms with Crippen LogP contribution < -0.4 is 5.73 Å². The van der Waals surface area contributed by atoms with Crippen molar-refractivity contribution in [3.05, 3.63) is 61.1 Å². The van der Waals surface area contributed by atoms with Crippen LogP contribution in [-0.2, 0) is 5.41 Å². The summed E-state index contributed by atoms with van der Waals surface area (Å²) in [5.74, 6) is 1.19. The Morgan fingerprint density at radius 1 is 1.13 bits per heavy atom. The predicted molar refractivity (Wildman–Crippen MR) is 111 cm³/mol. The van der Waals surface area contributed by atoms with Crippen LogP contribution in [0.3, 0.4) is 0 Å². The number of anilines is 1. The molecule has 0 atom stereocenters. The van der Waals surface area contributed by atoms with Gasteiger partial charge >= 0.3 is 0 Å². The maximum absolute atomic E-state index is 8.97. The van der Waals surface area contributed by atoms with E-state index in [9.17, 15) is 0 Å². The Bertz CT molecular complexity index is 1290. The molecular formula is C21H17N9O. The fourth-order valence-corrected chi connectivity index (χ4v) is 3.66. The van der Waals surface area contributed by atoms with Gasteiger partial charge in [0.1, 0.15) is 11.8 Å². The number of hydrogen-bond acceptors (Lipinski definition) is 9. The summed E-state index contributed by atoms with van der Waals surface area (Å²) >= 11 is 0. The molecule has 152 valence electrons. The molecule has 10 heteroatoms. The normalized spacial score (nSPS) is 14.5. The van der Waals surface area contributed by atoms with Gasteiger partial charge in [-0.2, -0.15) is 15.3 Å². The van der Waals surface area contributed by atoms with E-state index in [1.54, 1.807) is 24.8 Å². The molecule has 0 radical (unpaired) electrons. The number of hydrogen-bond donors (Lipinski definition) is 1. The molecule has 4 aromatic heterocycles. The van der Waals surface area contributed by atoms with Crippen molar-refractivity contribution in [1.82, 2.24) is 34.9 Å². The van der Waals surface area contributed by atoms with Crippen LogP contribution >= 0.6 is 0 Å². The minimum Gasteiger partial charge on any atom is -0.368 e. The molecule has 0 aromatic carbocycles. The molecule has 0 aliphatic heterocycles. The second kappa shape index (κ2) is 7.14. The lowest BCUT2D eigenvalue weighted by Crippen LogP contribution is -2.36. The van der Waals surface area contributed by atoms with Crippen molar-refractivity contribution >= 4 is 11.6 Å². The largest absolute Gasteiger partial charge is 0.368 e. The van der Waals surface area contributed by atoms with E-state index < -0.39 is 0 Å². The zero-order chi connectivity index (χ0) is 21.4. The van der Waals surface area contributed by atoms with Crippen LogP contribution in [-0.4, -0.2) is 34.9 Å². The quantitative estimate of drug-likeness (QED) is 0.490. The van der Waals surface area contributed by atoms with Gasteiger partial charge in [0.15, 0.2) is 5.82 Å². The molecule has 1 aliphatic rings. The van der Waals surface area contributed by atoms with E-state index in [1.165, 1.54) is 4.68 Å². The fourth-order valence-electron chi connectivity index (χ4n) is 3.66. The molecule has 1 fully saturated rings. The molecule has 0 amide bonds. The Morgan fingerprint density at radius 2 is 1.94 bits per heavy atom. The first-order valence-corrected chi connectivity index (χ1v) is 9.62. The van der Waals surface area contributed by atoms with Gasteiger partial charge in [-0.1, -0.05) is 24.2 Å². The van der Waals surface area contributed by atoms with Gasteiger partial charge in [-0.15, -0.1) is 0 Å². The van der Waals surface area contributed by atoms with Crippen LogP contribution in [0.1, 0.15) is 30.7 Å². The van der Waals surface area contributed by atoms with Crippen LogP contribution in [0.25, 0.3) is 28.4 Å². The molecule has 10 nitrogen and oxygen atoms in total. The van der Waals surface area contributed by atoms with E-state index in [0.29, 0.717) is 17.3 Å². The number of aromatic nitrogens is 7. The summed E-state index contributed by atoms with van der Waals surface area (Å²) in [6.07, 6.45) is 11.2. The molecule has 5 rings (SSSR count). The Labute approximate surface area is 177 Å². The van der Waals surface area contributed by atoms with E-state index >= 15 is 0 Å². The predicted octanol–water partition coefficient (Wildman–Crippen LogP) is 2.83. The molecule has 0 unspecified atom stereocenters. The zero-order valence-electron chi connectivity index (χ0n) is 16.4. The first-order chi connectivity index (χ1) is 15.1. The van der Waals surface area contributed by atoms with Gasteiger partial charge in [-0.05, 0) is 24.5 Å². The second-order valence-corrected chi connectivity index (χ2v) is 7.35. The van der Waals surface area contributed by atoms with Crippen LogP contribution in [0.5, 0.6) is 0 Å². The molecule has 1 saturated carbocycles. The Hall–Kier alpha value is -4.39. The Kier molecular flexibility index (Phi) is 4.29. The highest BCUT2D eigenvalue weighted by Crippen LogP contribution is 2.48. The molecule has 31 heavy (non-hydrogen) atoms. The van der Waals surface area contributed by atoms with E-state index in [1.807, 2.05) is 24.4 Å².